The highest BCUT2D eigenvalue weighted by atomic mass is 32.2. The van der Waals surface area contributed by atoms with Crippen molar-refractivity contribution in [2.45, 2.75) is 23.9 Å². The van der Waals surface area contributed by atoms with Gasteiger partial charge in [-0.1, -0.05) is 54.2 Å². The molecule has 0 radical (unpaired) electrons. The van der Waals surface area contributed by atoms with E-state index in [0.717, 1.165) is 35.3 Å². The Kier molecular flexibility index (Phi) is 6.42. The first-order valence-corrected chi connectivity index (χ1v) is 9.35. The standard InChI is InChI=1S/C20H20N4OS/c1-25-12-11-24-19(13-16-5-3-2-4-6-16)22-23-20(24)26-15-18-9-7-17(14-21)8-10-18/h2-10H,11-13,15H2,1H3. The summed E-state index contributed by atoms with van der Waals surface area (Å²) in [6, 6.07) is 20.0. The van der Waals surface area contributed by atoms with Crippen molar-refractivity contribution in [3.05, 3.63) is 77.1 Å². The van der Waals surface area contributed by atoms with Gasteiger partial charge in [0.1, 0.15) is 5.82 Å². The first kappa shape index (κ1) is 18.2. The van der Waals surface area contributed by atoms with Crippen LogP contribution in [-0.2, 0) is 23.5 Å². The van der Waals surface area contributed by atoms with Crippen LogP contribution in [0.5, 0.6) is 0 Å². The van der Waals surface area contributed by atoms with E-state index in [-0.39, 0.29) is 0 Å². The second-order valence-electron chi connectivity index (χ2n) is 5.80. The normalized spacial score (nSPS) is 10.6. The van der Waals surface area contributed by atoms with Crippen molar-refractivity contribution < 1.29 is 4.74 Å². The fraction of sp³-hybridized carbons (Fsp3) is 0.250. The molecule has 0 N–H and O–H groups in total. The molecule has 3 aromatic rings. The van der Waals surface area contributed by atoms with Crippen LogP contribution in [0.4, 0.5) is 0 Å². The number of ether oxygens (including phenoxy) is 1. The van der Waals surface area contributed by atoms with Gasteiger partial charge in [0, 0.05) is 25.8 Å². The maximum Gasteiger partial charge on any atom is 0.191 e. The molecule has 0 aliphatic heterocycles. The molecule has 3 rings (SSSR count). The van der Waals surface area contributed by atoms with Crippen LogP contribution in [0.2, 0.25) is 0 Å². The number of methoxy groups -OCH3 is 1. The summed E-state index contributed by atoms with van der Waals surface area (Å²) in [6.45, 7) is 1.34. The maximum absolute atomic E-state index is 8.89. The van der Waals surface area contributed by atoms with E-state index >= 15 is 0 Å². The van der Waals surface area contributed by atoms with Crippen molar-refractivity contribution in [3.63, 3.8) is 0 Å². The molecule has 132 valence electrons. The molecule has 0 amide bonds. The Morgan fingerprint density at radius 1 is 1.04 bits per heavy atom. The quantitative estimate of drug-likeness (QED) is 0.571. The van der Waals surface area contributed by atoms with Crippen LogP contribution in [0.15, 0.2) is 59.8 Å². The van der Waals surface area contributed by atoms with E-state index in [2.05, 4.69) is 33.0 Å². The molecular formula is C20H20N4OS. The number of thioether (sulfide) groups is 1. The van der Waals surface area contributed by atoms with E-state index in [1.165, 1.54) is 5.56 Å². The molecule has 2 aromatic carbocycles. The average Bonchev–Trinajstić information content (AvgIpc) is 3.07. The summed E-state index contributed by atoms with van der Waals surface area (Å²) in [5.74, 6) is 1.72. The monoisotopic (exact) mass is 364 g/mol. The zero-order chi connectivity index (χ0) is 18.2. The smallest absolute Gasteiger partial charge is 0.191 e. The minimum absolute atomic E-state index is 0.615. The molecule has 0 bridgehead atoms. The van der Waals surface area contributed by atoms with Gasteiger partial charge >= 0.3 is 0 Å². The number of nitriles is 1. The zero-order valence-corrected chi connectivity index (χ0v) is 15.4. The van der Waals surface area contributed by atoms with Crippen molar-refractivity contribution in [1.82, 2.24) is 14.8 Å². The molecule has 0 spiro atoms. The number of aromatic nitrogens is 3. The number of hydrogen-bond acceptors (Lipinski definition) is 5. The van der Waals surface area contributed by atoms with Crippen molar-refractivity contribution in [2.75, 3.05) is 13.7 Å². The number of nitrogens with zero attached hydrogens (tertiary/aromatic N) is 4. The summed E-state index contributed by atoms with van der Waals surface area (Å²) >= 11 is 1.65. The fourth-order valence-electron chi connectivity index (χ4n) is 2.57. The highest BCUT2D eigenvalue weighted by Gasteiger charge is 2.13. The summed E-state index contributed by atoms with van der Waals surface area (Å²) < 4.78 is 7.38. The van der Waals surface area contributed by atoms with E-state index in [4.69, 9.17) is 10.00 Å². The molecule has 0 saturated carbocycles. The van der Waals surface area contributed by atoms with Gasteiger partial charge in [-0.25, -0.2) is 0 Å². The van der Waals surface area contributed by atoms with Gasteiger partial charge in [-0.05, 0) is 23.3 Å². The van der Waals surface area contributed by atoms with Gasteiger partial charge in [-0.3, -0.25) is 0 Å². The summed E-state index contributed by atoms with van der Waals surface area (Å²) in [6.07, 6.45) is 0.745. The number of benzene rings is 2. The highest BCUT2D eigenvalue weighted by molar-refractivity contribution is 7.98. The van der Waals surface area contributed by atoms with Crippen LogP contribution in [0, 0.1) is 11.3 Å². The van der Waals surface area contributed by atoms with Gasteiger partial charge < -0.3 is 9.30 Å². The third kappa shape index (κ3) is 4.72. The SMILES string of the molecule is COCCn1c(Cc2ccccc2)nnc1SCc1ccc(C#N)cc1. The fourth-order valence-corrected chi connectivity index (χ4v) is 3.50. The van der Waals surface area contributed by atoms with Gasteiger partial charge in [0.15, 0.2) is 5.16 Å². The molecule has 0 atom stereocenters. The highest BCUT2D eigenvalue weighted by Crippen LogP contribution is 2.23. The Bertz CT molecular complexity index is 869. The predicted octanol–water partition coefficient (Wildman–Crippen LogP) is 3.68. The topological polar surface area (TPSA) is 63.7 Å². The lowest BCUT2D eigenvalue weighted by atomic mass is 10.1. The van der Waals surface area contributed by atoms with E-state index in [9.17, 15) is 0 Å². The number of hydrogen-bond donors (Lipinski definition) is 0. The molecule has 0 aliphatic carbocycles. The van der Waals surface area contributed by atoms with Crippen LogP contribution in [0.3, 0.4) is 0 Å². The van der Waals surface area contributed by atoms with Gasteiger partial charge in [0.05, 0.1) is 18.2 Å². The summed E-state index contributed by atoms with van der Waals surface area (Å²) in [5.41, 5.74) is 3.04. The van der Waals surface area contributed by atoms with E-state index in [0.29, 0.717) is 12.2 Å². The van der Waals surface area contributed by atoms with E-state index in [1.54, 1.807) is 18.9 Å². The van der Waals surface area contributed by atoms with E-state index in [1.807, 2.05) is 42.5 Å². The van der Waals surface area contributed by atoms with Crippen molar-refractivity contribution in [3.8, 4) is 6.07 Å². The predicted molar refractivity (Wildman–Crippen MR) is 102 cm³/mol. The van der Waals surface area contributed by atoms with Gasteiger partial charge in [0.25, 0.3) is 0 Å². The first-order valence-electron chi connectivity index (χ1n) is 8.37. The lowest BCUT2D eigenvalue weighted by molar-refractivity contribution is 0.184. The van der Waals surface area contributed by atoms with Gasteiger partial charge in [-0.2, -0.15) is 5.26 Å². The molecule has 1 heterocycles. The Balaban J connectivity index is 1.74. The van der Waals surface area contributed by atoms with Gasteiger partial charge in [0.2, 0.25) is 0 Å². The third-order valence-electron chi connectivity index (χ3n) is 3.97. The van der Waals surface area contributed by atoms with Crippen LogP contribution in [0.1, 0.15) is 22.5 Å². The molecule has 1 aromatic heterocycles. The summed E-state index contributed by atoms with van der Waals surface area (Å²) in [4.78, 5) is 0. The van der Waals surface area contributed by atoms with Crippen LogP contribution >= 0.6 is 11.8 Å². The Morgan fingerprint density at radius 2 is 1.81 bits per heavy atom. The van der Waals surface area contributed by atoms with Crippen molar-refractivity contribution >= 4 is 11.8 Å². The van der Waals surface area contributed by atoms with Crippen LogP contribution in [0.25, 0.3) is 0 Å². The third-order valence-corrected chi connectivity index (χ3v) is 5.01. The molecule has 26 heavy (non-hydrogen) atoms. The summed E-state index contributed by atoms with van der Waals surface area (Å²) in [5, 5.41) is 18.6. The average molecular weight is 364 g/mol. The molecule has 0 fully saturated rings. The largest absolute Gasteiger partial charge is 0.383 e. The maximum atomic E-state index is 8.89. The first-order chi connectivity index (χ1) is 12.8. The van der Waals surface area contributed by atoms with Gasteiger partial charge in [-0.15, -0.1) is 10.2 Å². The molecule has 0 unspecified atom stereocenters. The summed E-state index contributed by atoms with van der Waals surface area (Å²) in [7, 11) is 1.70. The second-order valence-corrected chi connectivity index (χ2v) is 6.75. The molecule has 6 heteroatoms. The minimum atomic E-state index is 0.615. The lowest BCUT2D eigenvalue weighted by Gasteiger charge is -2.10. The molecule has 5 nitrogen and oxygen atoms in total. The minimum Gasteiger partial charge on any atom is -0.383 e. The number of rotatable bonds is 8. The molecular weight excluding hydrogens is 344 g/mol. The Morgan fingerprint density at radius 3 is 2.50 bits per heavy atom. The Hall–Kier alpha value is -2.62. The Labute approximate surface area is 157 Å². The van der Waals surface area contributed by atoms with Crippen molar-refractivity contribution in [1.29, 1.82) is 5.26 Å². The van der Waals surface area contributed by atoms with E-state index < -0.39 is 0 Å². The zero-order valence-electron chi connectivity index (χ0n) is 14.6. The van der Waals surface area contributed by atoms with Crippen molar-refractivity contribution in [2.24, 2.45) is 0 Å². The molecule has 0 saturated heterocycles. The second kappa shape index (κ2) is 9.18. The van der Waals surface area contributed by atoms with Crippen LogP contribution in [-0.4, -0.2) is 28.5 Å². The molecule has 0 aliphatic rings. The lowest BCUT2D eigenvalue weighted by Crippen LogP contribution is -2.10. The van der Waals surface area contributed by atoms with Crippen LogP contribution < -0.4 is 0 Å².